The molecule has 2 amide bonds. The van der Waals surface area contributed by atoms with Crippen molar-refractivity contribution in [1.29, 1.82) is 0 Å². The number of hydrogen-bond acceptors (Lipinski definition) is 4. The topological polar surface area (TPSA) is 67.9 Å². The lowest BCUT2D eigenvalue weighted by Gasteiger charge is -2.20. The highest BCUT2D eigenvalue weighted by Crippen LogP contribution is 2.21. The number of carbonyl (C=O) groups is 2. The molecule has 0 radical (unpaired) electrons. The molecule has 0 atom stereocenters. The fourth-order valence-corrected chi connectivity index (χ4v) is 2.85. The van der Waals surface area contributed by atoms with Gasteiger partial charge in [0.25, 0.3) is 5.91 Å². The predicted octanol–water partition coefficient (Wildman–Crippen LogP) is 4.59. The van der Waals surface area contributed by atoms with E-state index in [1.54, 1.807) is 55.6 Å². The van der Waals surface area contributed by atoms with Crippen LogP contribution < -0.4 is 14.8 Å². The van der Waals surface area contributed by atoms with Gasteiger partial charge in [-0.2, -0.15) is 0 Å². The molecule has 0 spiro atoms. The Morgan fingerprint density at radius 3 is 2.03 bits per heavy atom. The van der Waals surface area contributed by atoms with Crippen molar-refractivity contribution >= 4 is 17.5 Å². The van der Waals surface area contributed by atoms with E-state index in [1.165, 1.54) is 4.90 Å². The minimum Gasteiger partial charge on any atom is -0.497 e. The highest BCUT2D eigenvalue weighted by atomic mass is 16.5. The van der Waals surface area contributed by atoms with Gasteiger partial charge >= 0.3 is 0 Å². The molecule has 6 nitrogen and oxygen atoms in total. The summed E-state index contributed by atoms with van der Waals surface area (Å²) in [5.74, 6) is 1.59. The molecule has 6 heteroatoms. The van der Waals surface area contributed by atoms with Crippen LogP contribution in [0.2, 0.25) is 0 Å². The summed E-state index contributed by atoms with van der Waals surface area (Å²) in [6.45, 7) is 2.21. The molecule has 0 saturated heterocycles. The number of carbonyl (C=O) groups excluding carboxylic acids is 2. The van der Waals surface area contributed by atoms with E-state index in [1.807, 2.05) is 37.3 Å². The van der Waals surface area contributed by atoms with Crippen LogP contribution in [-0.4, -0.2) is 36.9 Å². The predicted molar refractivity (Wildman–Crippen MR) is 116 cm³/mol. The number of ether oxygens (including phenoxy) is 2. The first-order valence-corrected chi connectivity index (χ1v) is 9.65. The van der Waals surface area contributed by atoms with Crippen LogP contribution in [0.3, 0.4) is 0 Å². The number of benzene rings is 3. The fourth-order valence-electron chi connectivity index (χ4n) is 2.85. The van der Waals surface area contributed by atoms with Gasteiger partial charge in [0.05, 0.1) is 7.11 Å². The quantitative estimate of drug-likeness (QED) is 0.596. The third-order valence-corrected chi connectivity index (χ3v) is 4.46. The molecule has 154 valence electrons. The summed E-state index contributed by atoms with van der Waals surface area (Å²) >= 11 is 0. The van der Waals surface area contributed by atoms with E-state index in [0.717, 1.165) is 5.75 Å². The van der Waals surface area contributed by atoms with E-state index < -0.39 is 0 Å². The zero-order chi connectivity index (χ0) is 21.3. The summed E-state index contributed by atoms with van der Waals surface area (Å²) in [6, 6.07) is 23.3. The molecule has 1 N–H and O–H groups in total. The van der Waals surface area contributed by atoms with Gasteiger partial charge in [0, 0.05) is 17.8 Å². The van der Waals surface area contributed by atoms with Crippen molar-refractivity contribution < 1.29 is 19.1 Å². The first-order chi connectivity index (χ1) is 14.6. The second-order valence-electron chi connectivity index (χ2n) is 6.54. The number of methoxy groups -OCH3 is 1. The number of rotatable bonds is 8. The number of anilines is 1. The van der Waals surface area contributed by atoms with Crippen LogP contribution in [0.25, 0.3) is 0 Å². The molecule has 3 aromatic carbocycles. The van der Waals surface area contributed by atoms with E-state index in [4.69, 9.17) is 9.47 Å². The minimum absolute atomic E-state index is 0.0381. The summed E-state index contributed by atoms with van der Waals surface area (Å²) in [5.41, 5.74) is 1.14. The molecule has 30 heavy (non-hydrogen) atoms. The van der Waals surface area contributed by atoms with Gasteiger partial charge in [0.15, 0.2) is 0 Å². The fraction of sp³-hybridized carbons (Fsp3) is 0.167. The molecule has 3 aromatic rings. The van der Waals surface area contributed by atoms with Crippen LogP contribution in [0.15, 0.2) is 78.9 Å². The standard InChI is InChI=1S/C24H24N2O4/c1-3-26(17-23(27)25-19-11-15-20(29-2)16-12-19)24(28)18-9-13-22(14-10-18)30-21-7-5-4-6-8-21/h4-16H,3,17H2,1-2H3,(H,25,27). The summed E-state index contributed by atoms with van der Waals surface area (Å²) < 4.78 is 10.9. The summed E-state index contributed by atoms with van der Waals surface area (Å²) in [5, 5.41) is 2.79. The van der Waals surface area contributed by atoms with Gasteiger partial charge in [-0.05, 0) is 67.6 Å². The minimum atomic E-state index is -0.264. The SMILES string of the molecule is CCN(CC(=O)Nc1ccc(OC)cc1)C(=O)c1ccc(Oc2ccccc2)cc1. The molecule has 0 aliphatic carbocycles. The molecule has 0 aliphatic heterocycles. The average Bonchev–Trinajstić information content (AvgIpc) is 2.79. The smallest absolute Gasteiger partial charge is 0.254 e. The molecule has 0 aliphatic rings. The lowest BCUT2D eigenvalue weighted by Crippen LogP contribution is -2.37. The Morgan fingerprint density at radius 1 is 0.833 bits per heavy atom. The average molecular weight is 404 g/mol. The molecule has 0 unspecified atom stereocenters. The number of para-hydroxylation sites is 1. The second-order valence-corrected chi connectivity index (χ2v) is 6.54. The van der Waals surface area contributed by atoms with Crippen LogP contribution in [0, 0.1) is 0 Å². The largest absolute Gasteiger partial charge is 0.497 e. The second kappa shape index (κ2) is 10.1. The van der Waals surface area contributed by atoms with E-state index in [9.17, 15) is 9.59 Å². The maximum atomic E-state index is 12.8. The first-order valence-electron chi connectivity index (χ1n) is 9.65. The van der Waals surface area contributed by atoms with Gasteiger partial charge < -0.3 is 19.7 Å². The number of amides is 2. The zero-order valence-electron chi connectivity index (χ0n) is 17.0. The van der Waals surface area contributed by atoms with Crippen molar-refractivity contribution in [3.8, 4) is 17.2 Å². The van der Waals surface area contributed by atoms with Crippen molar-refractivity contribution in [3.05, 3.63) is 84.4 Å². The van der Waals surface area contributed by atoms with E-state index in [0.29, 0.717) is 29.3 Å². The molecular formula is C24H24N2O4. The lowest BCUT2D eigenvalue weighted by atomic mass is 10.2. The van der Waals surface area contributed by atoms with Crippen LogP contribution in [-0.2, 0) is 4.79 Å². The van der Waals surface area contributed by atoms with Gasteiger partial charge in [-0.1, -0.05) is 18.2 Å². The van der Waals surface area contributed by atoms with Crippen LogP contribution >= 0.6 is 0 Å². The van der Waals surface area contributed by atoms with Gasteiger partial charge in [-0.25, -0.2) is 0 Å². The maximum absolute atomic E-state index is 12.8. The van der Waals surface area contributed by atoms with Crippen LogP contribution in [0.5, 0.6) is 17.2 Å². The highest BCUT2D eigenvalue weighted by Gasteiger charge is 2.17. The maximum Gasteiger partial charge on any atom is 0.254 e. The third-order valence-electron chi connectivity index (χ3n) is 4.46. The summed E-state index contributed by atoms with van der Waals surface area (Å²) in [6.07, 6.45) is 0. The third kappa shape index (κ3) is 5.61. The molecule has 0 heterocycles. The van der Waals surface area contributed by atoms with Gasteiger partial charge in [-0.15, -0.1) is 0 Å². The Kier molecular flexibility index (Phi) is 7.05. The van der Waals surface area contributed by atoms with E-state index >= 15 is 0 Å². The molecule has 3 rings (SSSR count). The normalized spacial score (nSPS) is 10.2. The Morgan fingerprint density at radius 2 is 1.43 bits per heavy atom. The lowest BCUT2D eigenvalue weighted by molar-refractivity contribution is -0.116. The Balaban J connectivity index is 1.59. The van der Waals surface area contributed by atoms with Gasteiger partial charge in [-0.3, -0.25) is 9.59 Å². The first kappa shape index (κ1) is 20.9. The number of hydrogen-bond donors (Lipinski definition) is 1. The summed E-state index contributed by atoms with van der Waals surface area (Å²) in [7, 11) is 1.58. The monoisotopic (exact) mass is 404 g/mol. The number of nitrogens with zero attached hydrogens (tertiary/aromatic N) is 1. The highest BCUT2D eigenvalue weighted by molar-refractivity contribution is 5.99. The number of likely N-dealkylation sites (N-methyl/N-ethyl adjacent to an activating group) is 1. The Hall–Kier alpha value is -3.80. The molecule has 0 saturated carbocycles. The molecule has 0 aromatic heterocycles. The van der Waals surface area contributed by atoms with Crippen molar-refractivity contribution in [1.82, 2.24) is 4.90 Å². The molecular weight excluding hydrogens is 380 g/mol. The van der Waals surface area contributed by atoms with Crippen molar-refractivity contribution in [2.45, 2.75) is 6.92 Å². The molecule has 0 bridgehead atoms. The van der Waals surface area contributed by atoms with Gasteiger partial charge in [0.2, 0.25) is 5.91 Å². The van der Waals surface area contributed by atoms with Crippen molar-refractivity contribution in [2.24, 2.45) is 0 Å². The van der Waals surface area contributed by atoms with E-state index in [-0.39, 0.29) is 18.4 Å². The zero-order valence-corrected chi connectivity index (χ0v) is 17.0. The van der Waals surface area contributed by atoms with E-state index in [2.05, 4.69) is 5.32 Å². The summed E-state index contributed by atoms with van der Waals surface area (Å²) in [4.78, 5) is 26.7. The van der Waals surface area contributed by atoms with Crippen LogP contribution in [0.1, 0.15) is 17.3 Å². The molecule has 0 fully saturated rings. The van der Waals surface area contributed by atoms with Gasteiger partial charge in [0.1, 0.15) is 23.8 Å². The van der Waals surface area contributed by atoms with Crippen molar-refractivity contribution in [3.63, 3.8) is 0 Å². The Labute approximate surface area is 176 Å². The Bertz CT molecular complexity index is 970. The number of nitrogens with one attached hydrogen (secondary N) is 1. The van der Waals surface area contributed by atoms with Crippen LogP contribution in [0.4, 0.5) is 5.69 Å². The van der Waals surface area contributed by atoms with Crippen molar-refractivity contribution in [2.75, 3.05) is 25.5 Å².